The summed E-state index contributed by atoms with van der Waals surface area (Å²) in [6, 6.07) is 2.73. The quantitative estimate of drug-likeness (QED) is 0.899. The Morgan fingerprint density at radius 1 is 1.32 bits per heavy atom. The number of rotatable bonds is 3. The molecule has 2 fully saturated rings. The first-order valence-corrected chi connectivity index (χ1v) is 6.46. The molecule has 3 rings (SSSR count). The van der Waals surface area contributed by atoms with E-state index in [1.165, 1.54) is 30.5 Å². The highest BCUT2D eigenvalue weighted by molar-refractivity contribution is 5.85. The molecule has 1 atom stereocenters. The molecule has 1 saturated heterocycles. The molecular weight excluding hydrogens is 283 g/mol. The first-order chi connectivity index (χ1) is 8.29. The number of hydrogen-bond donors (Lipinski definition) is 2. The van der Waals surface area contributed by atoms with Gasteiger partial charge in [-0.1, -0.05) is 0 Å². The lowest BCUT2D eigenvalue weighted by Crippen LogP contribution is -2.30. The van der Waals surface area contributed by atoms with Gasteiger partial charge in [-0.3, -0.25) is 0 Å². The van der Waals surface area contributed by atoms with E-state index in [0.29, 0.717) is 12.0 Å². The highest BCUT2D eigenvalue weighted by Gasteiger charge is 2.32. The van der Waals surface area contributed by atoms with E-state index in [0.717, 1.165) is 18.9 Å². The van der Waals surface area contributed by atoms with Gasteiger partial charge in [0.2, 0.25) is 0 Å². The van der Waals surface area contributed by atoms with Crippen LogP contribution in [0.15, 0.2) is 12.3 Å². The van der Waals surface area contributed by atoms with Crippen molar-refractivity contribution in [2.75, 3.05) is 30.8 Å². The van der Waals surface area contributed by atoms with Crippen LogP contribution >= 0.6 is 24.8 Å². The number of hydrogen-bond acceptors (Lipinski definition) is 4. The second-order valence-electron chi connectivity index (χ2n) is 5.12. The lowest BCUT2D eigenvalue weighted by Gasteiger charge is -2.22. The minimum atomic E-state index is 0. The van der Waals surface area contributed by atoms with Crippen LogP contribution in [-0.2, 0) is 0 Å². The van der Waals surface area contributed by atoms with E-state index in [1.54, 1.807) is 0 Å². The normalized spacial score (nSPS) is 21.7. The van der Waals surface area contributed by atoms with Gasteiger partial charge in [-0.15, -0.1) is 24.8 Å². The van der Waals surface area contributed by atoms with Gasteiger partial charge in [0.15, 0.2) is 0 Å². The third-order valence-corrected chi connectivity index (χ3v) is 3.92. The molecule has 1 aromatic rings. The van der Waals surface area contributed by atoms with Gasteiger partial charge < -0.3 is 16.0 Å². The highest BCUT2D eigenvalue weighted by Crippen LogP contribution is 2.46. The summed E-state index contributed by atoms with van der Waals surface area (Å²) in [6.07, 6.45) is 5.59. The molecule has 3 N–H and O–H groups in total. The van der Waals surface area contributed by atoms with Crippen molar-refractivity contribution in [2.45, 2.75) is 31.2 Å². The van der Waals surface area contributed by atoms with Crippen LogP contribution in [0.3, 0.4) is 0 Å². The van der Waals surface area contributed by atoms with Crippen molar-refractivity contribution in [3.63, 3.8) is 0 Å². The highest BCUT2D eigenvalue weighted by atomic mass is 35.5. The molecule has 0 bridgehead atoms. The molecule has 1 aliphatic heterocycles. The number of halogens is 2. The SMILES string of the molecule is CN[C@@H]1CCN(c2ccnc(N)c2C2CC2)C1.Cl.Cl. The second-order valence-corrected chi connectivity index (χ2v) is 5.12. The van der Waals surface area contributed by atoms with Crippen LogP contribution in [0, 0.1) is 0 Å². The fourth-order valence-corrected chi connectivity index (χ4v) is 2.76. The summed E-state index contributed by atoms with van der Waals surface area (Å²) in [5, 5.41) is 3.35. The maximum atomic E-state index is 6.04. The average molecular weight is 305 g/mol. The number of nitrogens with two attached hydrogens (primary N) is 1. The number of pyridine rings is 1. The molecule has 1 saturated carbocycles. The summed E-state index contributed by atoms with van der Waals surface area (Å²) in [5.74, 6) is 1.39. The summed E-state index contributed by atoms with van der Waals surface area (Å²) >= 11 is 0. The van der Waals surface area contributed by atoms with Gasteiger partial charge >= 0.3 is 0 Å². The van der Waals surface area contributed by atoms with E-state index in [-0.39, 0.29) is 24.8 Å². The molecule has 19 heavy (non-hydrogen) atoms. The molecule has 0 spiro atoms. The summed E-state index contributed by atoms with van der Waals surface area (Å²) in [7, 11) is 2.04. The Labute approximate surface area is 127 Å². The van der Waals surface area contributed by atoms with Crippen molar-refractivity contribution >= 4 is 36.3 Å². The predicted molar refractivity (Wildman–Crippen MR) is 84.8 cm³/mol. The van der Waals surface area contributed by atoms with Gasteiger partial charge in [0.1, 0.15) is 5.82 Å². The Morgan fingerprint density at radius 3 is 2.63 bits per heavy atom. The number of nitrogens with one attached hydrogen (secondary N) is 1. The Morgan fingerprint density at radius 2 is 2.05 bits per heavy atom. The van der Waals surface area contributed by atoms with Gasteiger partial charge in [-0.2, -0.15) is 0 Å². The molecule has 6 heteroatoms. The van der Waals surface area contributed by atoms with Crippen LogP contribution < -0.4 is 16.0 Å². The molecule has 2 aliphatic rings. The molecule has 0 radical (unpaired) electrons. The maximum Gasteiger partial charge on any atom is 0.128 e. The van der Waals surface area contributed by atoms with Crippen molar-refractivity contribution < 1.29 is 0 Å². The number of nitrogens with zero attached hydrogens (tertiary/aromatic N) is 2. The third-order valence-electron chi connectivity index (χ3n) is 3.92. The van der Waals surface area contributed by atoms with Crippen LogP contribution in [0.1, 0.15) is 30.7 Å². The van der Waals surface area contributed by atoms with Crippen LogP contribution in [0.2, 0.25) is 0 Å². The Hall–Kier alpha value is -0.710. The maximum absolute atomic E-state index is 6.04. The molecule has 4 nitrogen and oxygen atoms in total. The second kappa shape index (κ2) is 6.64. The summed E-state index contributed by atoms with van der Waals surface area (Å²) in [6.45, 7) is 2.20. The first kappa shape index (κ1) is 16.3. The van der Waals surface area contributed by atoms with E-state index in [9.17, 15) is 0 Å². The molecule has 0 unspecified atom stereocenters. The van der Waals surface area contributed by atoms with Gasteiger partial charge in [0.05, 0.1) is 0 Å². The number of nitrogen functional groups attached to an aromatic ring is 1. The Bertz CT molecular complexity index is 423. The smallest absolute Gasteiger partial charge is 0.128 e. The molecule has 1 aliphatic carbocycles. The molecule has 0 amide bonds. The van der Waals surface area contributed by atoms with E-state index < -0.39 is 0 Å². The van der Waals surface area contributed by atoms with Crippen molar-refractivity contribution in [1.29, 1.82) is 0 Å². The fourth-order valence-electron chi connectivity index (χ4n) is 2.76. The minimum Gasteiger partial charge on any atom is -0.383 e. The van der Waals surface area contributed by atoms with Crippen LogP contribution in [0.5, 0.6) is 0 Å². The zero-order chi connectivity index (χ0) is 11.8. The largest absolute Gasteiger partial charge is 0.383 e. The zero-order valence-corrected chi connectivity index (χ0v) is 12.8. The molecule has 1 aromatic heterocycles. The van der Waals surface area contributed by atoms with Crippen LogP contribution in [0.4, 0.5) is 11.5 Å². The predicted octanol–water partition coefficient (Wildman–Crippen LogP) is 2.18. The number of likely N-dealkylation sites (N-methyl/N-ethyl adjacent to an activating group) is 1. The summed E-state index contributed by atoms with van der Waals surface area (Å²) in [5.41, 5.74) is 8.66. The molecule has 0 aromatic carbocycles. The lowest BCUT2D eigenvalue weighted by molar-refractivity contribution is 0.617. The third kappa shape index (κ3) is 3.25. The van der Waals surface area contributed by atoms with Crippen molar-refractivity contribution in [3.8, 4) is 0 Å². The van der Waals surface area contributed by atoms with Gasteiger partial charge in [-0.25, -0.2) is 4.98 Å². The minimum absolute atomic E-state index is 0. The number of aromatic nitrogens is 1. The van der Waals surface area contributed by atoms with Gasteiger partial charge in [0.25, 0.3) is 0 Å². The Balaban J connectivity index is 0.000000902. The topological polar surface area (TPSA) is 54.2 Å². The van der Waals surface area contributed by atoms with E-state index >= 15 is 0 Å². The van der Waals surface area contributed by atoms with Gasteiger partial charge in [-0.05, 0) is 38.3 Å². The van der Waals surface area contributed by atoms with Crippen LogP contribution in [-0.4, -0.2) is 31.2 Å². The molecule has 108 valence electrons. The van der Waals surface area contributed by atoms with E-state index in [2.05, 4.69) is 21.3 Å². The lowest BCUT2D eigenvalue weighted by atomic mass is 10.1. The zero-order valence-electron chi connectivity index (χ0n) is 11.1. The van der Waals surface area contributed by atoms with Crippen LogP contribution in [0.25, 0.3) is 0 Å². The molecule has 2 heterocycles. The Kier molecular flexibility index (Phi) is 5.71. The van der Waals surface area contributed by atoms with Crippen molar-refractivity contribution in [3.05, 3.63) is 17.8 Å². The van der Waals surface area contributed by atoms with Crippen molar-refractivity contribution in [1.82, 2.24) is 10.3 Å². The van der Waals surface area contributed by atoms with Crippen molar-refractivity contribution in [2.24, 2.45) is 0 Å². The van der Waals surface area contributed by atoms with Gasteiger partial charge in [0, 0.05) is 36.6 Å². The first-order valence-electron chi connectivity index (χ1n) is 6.46. The molecular formula is C13H22Cl2N4. The number of anilines is 2. The summed E-state index contributed by atoms with van der Waals surface area (Å²) in [4.78, 5) is 6.70. The van der Waals surface area contributed by atoms with E-state index in [4.69, 9.17) is 5.73 Å². The van der Waals surface area contributed by atoms with E-state index in [1.807, 2.05) is 13.2 Å². The monoisotopic (exact) mass is 304 g/mol. The summed E-state index contributed by atoms with van der Waals surface area (Å²) < 4.78 is 0. The standard InChI is InChI=1S/C13H20N4.2ClH/c1-15-10-5-7-17(8-10)11-4-6-16-13(14)12(11)9-2-3-9;;/h4,6,9-10,15H,2-3,5,7-8H2,1H3,(H2,14,16);2*1H/t10-;;/m1../s1. The average Bonchev–Trinajstić information content (AvgIpc) is 3.06. The fraction of sp³-hybridized carbons (Fsp3) is 0.615.